The van der Waals surface area contributed by atoms with Crippen molar-refractivity contribution >= 4 is 27.3 Å². The number of pyridine rings is 1. The van der Waals surface area contributed by atoms with E-state index in [9.17, 15) is 8.42 Å². The molecule has 1 N–H and O–H groups in total. The molecule has 11 heteroatoms. The quantitative estimate of drug-likeness (QED) is 0.363. The predicted octanol–water partition coefficient (Wildman–Crippen LogP) is 4.71. The minimum atomic E-state index is -3.95. The lowest BCUT2D eigenvalue weighted by Gasteiger charge is -2.30. The summed E-state index contributed by atoms with van der Waals surface area (Å²) in [7, 11) is -3.95. The van der Waals surface area contributed by atoms with E-state index >= 15 is 0 Å². The molecule has 0 aliphatic rings. The van der Waals surface area contributed by atoms with E-state index in [1.165, 1.54) is 16.6 Å². The van der Waals surface area contributed by atoms with Gasteiger partial charge in [0, 0.05) is 28.9 Å². The molecule has 0 saturated carbocycles. The fourth-order valence-electron chi connectivity index (χ4n) is 3.66. The van der Waals surface area contributed by atoms with Gasteiger partial charge in [-0.3, -0.25) is 4.31 Å². The first-order valence-electron chi connectivity index (χ1n) is 10.9. The molecule has 0 spiro atoms. The van der Waals surface area contributed by atoms with Gasteiger partial charge in [0.15, 0.2) is 5.03 Å². The number of nitrogens with one attached hydrogen (secondary N) is 1. The predicted molar refractivity (Wildman–Crippen MR) is 134 cm³/mol. The van der Waals surface area contributed by atoms with Crippen LogP contribution < -0.4 is 9.04 Å². The molecular weight excluding hydrogens is 488 g/mol. The number of benzene rings is 2. The Balaban J connectivity index is 1.70. The maximum Gasteiger partial charge on any atom is 0.282 e. The van der Waals surface area contributed by atoms with Gasteiger partial charge in [-0.1, -0.05) is 29.8 Å². The average molecular weight is 513 g/mol. The number of halogens is 1. The number of aromatic nitrogens is 5. The van der Waals surface area contributed by atoms with Crippen molar-refractivity contribution in [3.8, 4) is 17.1 Å². The van der Waals surface area contributed by atoms with Gasteiger partial charge in [0.05, 0.1) is 5.69 Å². The van der Waals surface area contributed by atoms with Crippen LogP contribution in [-0.2, 0) is 16.6 Å². The standard InChI is InChI=1S/C24H25ClN6O3S/c1-15(2)31(35(32,33)23-7-5-6-10-26-23)21-12-17(4)20(25)13-22(21)34-14-19-9-8-18(11-16(19)3)24-27-29-30-28-24/h5-13,15H,14H2,1-4H3,(H,27,28,29,30). The molecule has 2 heterocycles. The number of H-pyrrole nitrogens is 1. The highest BCUT2D eigenvalue weighted by atomic mass is 35.5. The van der Waals surface area contributed by atoms with Gasteiger partial charge in [-0.25, -0.2) is 4.98 Å². The largest absolute Gasteiger partial charge is 0.487 e. The Bertz CT molecular complexity index is 1430. The van der Waals surface area contributed by atoms with Gasteiger partial charge in [0.2, 0.25) is 5.82 Å². The lowest BCUT2D eigenvalue weighted by atomic mass is 10.1. The molecule has 4 rings (SSSR count). The summed E-state index contributed by atoms with van der Waals surface area (Å²) in [4.78, 5) is 4.07. The van der Waals surface area contributed by atoms with Crippen molar-refractivity contribution in [2.24, 2.45) is 0 Å². The van der Waals surface area contributed by atoms with Crippen molar-refractivity contribution in [2.75, 3.05) is 4.31 Å². The van der Waals surface area contributed by atoms with Gasteiger partial charge in [0.1, 0.15) is 12.4 Å². The Morgan fingerprint density at radius 2 is 1.89 bits per heavy atom. The summed E-state index contributed by atoms with van der Waals surface area (Å²) in [6.07, 6.45) is 1.46. The highest BCUT2D eigenvalue weighted by molar-refractivity contribution is 7.92. The summed E-state index contributed by atoms with van der Waals surface area (Å²) in [5.41, 5.74) is 3.84. The fraction of sp³-hybridized carbons (Fsp3) is 0.250. The number of aromatic amines is 1. The van der Waals surface area contributed by atoms with Gasteiger partial charge in [0.25, 0.3) is 10.0 Å². The fourth-order valence-corrected chi connectivity index (χ4v) is 5.41. The van der Waals surface area contributed by atoms with Crippen molar-refractivity contribution in [3.05, 3.63) is 76.4 Å². The molecule has 0 bridgehead atoms. The SMILES string of the molecule is Cc1cc(N(C(C)C)S(=O)(=O)c2ccccn2)c(OCc2ccc(-c3nn[nH]n3)cc2C)cc1Cl. The van der Waals surface area contributed by atoms with Gasteiger partial charge in [-0.2, -0.15) is 13.6 Å². The Kier molecular flexibility index (Phi) is 7.04. The zero-order valence-electron chi connectivity index (χ0n) is 19.7. The molecule has 0 unspecified atom stereocenters. The van der Waals surface area contributed by atoms with Crippen molar-refractivity contribution in [1.82, 2.24) is 25.6 Å². The molecule has 182 valence electrons. The van der Waals surface area contributed by atoms with Crippen LogP contribution in [0.4, 0.5) is 5.69 Å². The molecule has 0 amide bonds. The third kappa shape index (κ3) is 5.13. The highest BCUT2D eigenvalue weighted by Crippen LogP contribution is 2.38. The van der Waals surface area contributed by atoms with Crippen LogP contribution in [0, 0.1) is 13.8 Å². The van der Waals surface area contributed by atoms with Crippen LogP contribution in [0.5, 0.6) is 5.75 Å². The molecule has 35 heavy (non-hydrogen) atoms. The first-order chi connectivity index (χ1) is 16.7. The minimum Gasteiger partial charge on any atom is -0.487 e. The first kappa shape index (κ1) is 24.6. The Labute approximate surface area is 209 Å². The van der Waals surface area contributed by atoms with Crippen LogP contribution in [0.3, 0.4) is 0 Å². The number of aryl methyl sites for hydroxylation is 2. The number of anilines is 1. The van der Waals surface area contributed by atoms with E-state index in [0.717, 1.165) is 22.3 Å². The second-order valence-electron chi connectivity index (χ2n) is 8.30. The Hall–Kier alpha value is -3.50. The van der Waals surface area contributed by atoms with Crippen LogP contribution in [-0.4, -0.2) is 40.1 Å². The summed E-state index contributed by atoms with van der Waals surface area (Å²) >= 11 is 6.41. The van der Waals surface area contributed by atoms with E-state index in [1.807, 2.05) is 32.0 Å². The van der Waals surface area contributed by atoms with Crippen molar-refractivity contribution in [3.63, 3.8) is 0 Å². The zero-order valence-corrected chi connectivity index (χ0v) is 21.3. The van der Waals surface area contributed by atoms with E-state index < -0.39 is 16.1 Å². The molecule has 9 nitrogen and oxygen atoms in total. The van der Waals surface area contributed by atoms with E-state index in [1.54, 1.807) is 38.1 Å². The third-order valence-electron chi connectivity index (χ3n) is 5.44. The molecule has 2 aromatic carbocycles. The molecule has 0 atom stereocenters. The van der Waals surface area contributed by atoms with Crippen LogP contribution in [0.2, 0.25) is 5.02 Å². The number of hydrogen-bond acceptors (Lipinski definition) is 7. The molecule has 4 aromatic rings. The van der Waals surface area contributed by atoms with Gasteiger partial charge >= 0.3 is 0 Å². The first-order valence-corrected chi connectivity index (χ1v) is 12.7. The van der Waals surface area contributed by atoms with Gasteiger partial charge in [-0.05, 0) is 73.9 Å². The second-order valence-corrected chi connectivity index (χ2v) is 10.5. The van der Waals surface area contributed by atoms with Gasteiger partial charge in [-0.15, -0.1) is 10.2 Å². The molecule has 2 aromatic heterocycles. The van der Waals surface area contributed by atoms with Crippen molar-refractivity contribution in [1.29, 1.82) is 0 Å². The number of ether oxygens (including phenoxy) is 1. The number of sulfonamides is 1. The maximum absolute atomic E-state index is 13.6. The third-order valence-corrected chi connectivity index (χ3v) is 7.75. The Morgan fingerprint density at radius 3 is 2.51 bits per heavy atom. The summed E-state index contributed by atoms with van der Waals surface area (Å²) in [6, 6.07) is 13.5. The summed E-state index contributed by atoms with van der Waals surface area (Å²) < 4.78 is 34.6. The molecule has 0 fully saturated rings. The monoisotopic (exact) mass is 512 g/mol. The summed E-state index contributed by atoms with van der Waals surface area (Å²) in [6.45, 7) is 7.59. The van der Waals surface area contributed by atoms with Crippen molar-refractivity contribution in [2.45, 2.75) is 45.4 Å². The zero-order chi connectivity index (χ0) is 25.2. The smallest absolute Gasteiger partial charge is 0.282 e. The molecule has 0 radical (unpaired) electrons. The number of nitrogens with zero attached hydrogens (tertiary/aromatic N) is 5. The van der Waals surface area contributed by atoms with Crippen LogP contribution in [0.25, 0.3) is 11.4 Å². The summed E-state index contributed by atoms with van der Waals surface area (Å²) in [5.74, 6) is 0.857. The van der Waals surface area contributed by atoms with Crippen LogP contribution in [0.1, 0.15) is 30.5 Å². The number of hydrogen-bond donors (Lipinski definition) is 1. The van der Waals surface area contributed by atoms with E-state index in [4.69, 9.17) is 16.3 Å². The van der Waals surface area contributed by atoms with E-state index in [2.05, 4.69) is 25.6 Å². The number of tetrazole rings is 1. The molecular formula is C24H25ClN6O3S. The molecule has 0 aliphatic heterocycles. The topological polar surface area (TPSA) is 114 Å². The lowest BCUT2D eigenvalue weighted by molar-refractivity contribution is 0.306. The summed E-state index contributed by atoms with van der Waals surface area (Å²) in [5, 5.41) is 14.5. The molecule has 0 aliphatic carbocycles. The van der Waals surface area contributed by atoms with Crippen LogP contribution >= 0.6 is 11.6 Å². The minimum absolute atomic E-state index is 0.0415. The lowest BCUT2D eigenvalue weighted by Crippen LogP contribution is -2.37. The van der Waals surface area contributed by atoms with Crippen LogP contribution in [0.15, 0.2) is 59.8 Å². The van der Waals surface area contributed by atoms with E-state index in [0.29, 0.717) is 22.3 Å². The maximum atomic E-state index is 13.6. The Morgan fingerprint density at radius 1 is 1.09 bits per heavy atom. The van der Waals surface area contributed by atoms with Gasteiger partial charge < -0.3 is 4.74 Å². The molecule has 0 saturated heterocycles. The second kappa shape index (κ2) is 10.0. The normalized spacial score (nSPS) is 11.6. The van der Waals surface area contributed by atoms with E-state index in [-0.39, 0.29) is 11.6 Å². The number of rotatable bonds is 8. The highest BCUT2D eigenvalue weighted by Gasteiger charge is 2.31. The van der Waals surface area contributed by atoms with Crippen molar-refractivity contribution < 1.29 is 13.2 Å². The average Bonchev–Trinajstić information content (AvgIpc) is 3.36.